The van der Waals surface area contributed by atoms with Gasteiger partial charge in [-0.1, -0.05) is 12.1 Å². The predicted molar refractivity (Wildman–Crippen MR) is 84.2 cm³/mol. The van der Waals surface area contributed by atoms with Gasteiger partial charge >= 0.3 is 0 Å². The van der Waals surface area contributed by atoms with Gasteiger partial charge < -0.3 is 10.6 Å². The van der Waals surface area contributed by atoms with E-state index in [4.69, 9.17) is 0 Å². The summed E-state index contributed by atoms with van der Waals surface area (Å²) in [4.78, 5) is 12.3. The minimum atomic E-state index is -1.21. The third-order valence-corrected chi connectivity index (χ3v) is 4.37. The predicted octanol–water partition coefficient (Wildman–Crippen LogP) is 3.12. The van der Waals surface area contributed by atoms with Crippen molar-refractivity contribution >= 4 is 5.91 Å². The van der Waals surface area contributed by atoms with E-state index in [9.17, 15) is 22.4 Å². The number of nitrogens with one attached hydrogen (secondary N) is 2. The fourth-order valence-corrected chi connectivity index (χ4v) is 3.08. The molecule has 1 heterocycles. The van der Waals surface area contributed by atoms with Crippen LogP contribution >= 0.6 is 0 Å². The van der Waals surface area contributed by atoms with Gasteiger partial charge in [0.15, 0.2) is 23.3 Å². The highest BCUT2D eigenvalue weighted by Crippen LogP contribution is 2.27. The maximum Gasteiger partial charge on any atom is 0.254 e. The molecule has 2 aromatic carbocycles. The molecule has 0 radical (unpaired) electrons. The first-order valence-corrected chi connectivity index (χ1v) is 7.88. The Kier molecular flexibility index (Phi) is 5.03. The van der Waals surface area contributed by atoms with E-state index in [2.05, 4.69) is 10.6 Å². The zero-order valence-electron chi connectivity index (χ0n) is 13.2. The van der Waals surface area contributed by atoms with Crippen molar-refractivity contribution < 1.29 is 22.4 Å². The SMILES string of the molecule is O=C(NC1CNCCC1c1ccc(F)c(F)c1)c1cccc(F)c1F. The molecule has 2 N–H and O–H groups in total. The first-order chi connectivity index (χ1) is 12.0. The van der Waals surface area contributed by atoms with Crippen molar-refractivity contribution in [3.63, 3.8) is 0 Å². The van der Waals surface area contributed by atoms with Gasteiger partial charge in [-0.15, -0.1) is 0 Å². The maximum atomic E-state index is 13.8. The Morgan fingerprint density at radius 2 is 1.84 bits per heavy atom. The van der Waals surface area contributed by atoms with Crippen LogP contribution in [0.3, 0.4) is 0 Å². The second-order valence-corrected chi connectivity index (χ2v) is 5.95. The summed E-state index contributed by atoms with van der Waals surface area (Å²) >= 11 is 0. The monoisotopic (exact) mass is 352 g/mol. The second-order valence-electron chi connectivity index (χ2n) is 5.95. The molecule has 0 aromatic heterocycles. The van der Waals surface area contributed by atoms with Gasteiger partial charge in [0.25, 0.3) is 5.91 Å². The highest BCUT2D eigenvalue weighted by molar-refractivity contribution is 5.94. The number of hydrogen-bond donors (Lipinski definition) is 2. The molecule has 1 aliphatic rings. The summed E-state index contributed by atoms with van der Waals surface area (Å²) < 4.78 is 53.7. The molecule has 7 heteroatoms. The summed E-state index contributed by atoms with van der Waals surface area (Å²) in [6.07, 6.45) is 0.585. The minimum Gasteiger partial charge on any atom is -0.347 e. The van der Waals surface area contributed by atoms with Crippen LogP contribution in [0, 0.1) is 23.3 Å². The first-order valence-electron chi connectivity index (χ1n) is 7.88. The van der Waals surface area contributed by atoms with Gasteiger partial charge in [0.05, 0.1) is 5.56 Å². The van der Waals surface area contributed by atoms with Gasteiger partial charge in [-0.3, -0.25) is 4.79 Å². The lowest BCUT2D eigenvalue weighted by Crippen LogP contribution is -2.50. The van der Waals surface area contributed by atoms with Crippen molar-refractivity contribution in [3.8, 4) is 0 Å². The summed E-state index contributed by atoms with van der Waals surface area (Å²) in [6, 6.07) is 6.52. The summed E-state index contributed by atoms with van der Waals surface area (Å²) in [5, 5.41) is 5.75. The van der Waals surface area contributed by atoms with Gasteiger partial charge in [-0.2, -0.15) is 0 Å². The standard InChI is InChI=1S/C18H16F4N2O/c19-13-5-4-10(8-15(13)21)11-6-7-23-9-16(11)24-18(25)12-2-1-3-14(20)17(12)22/h1-5,8,11,16,23H,6-7,9H2,(H,24,25). The molecule has 0 aliphatic carbocycles. The Balaban J connectivity index is 1.82. The van der Waals surface area contributed by atoms with Crippen molar-refractivity contribution in [2.45, 2.75) is 18.4 Å². The van der Waals surface area contributed by atoms with E-state index in [1.165, 1.54) is 18.2 Å². The summed E-state index contributed by atoms with van der Waals surface area (Å²) in [6.45, 7) is 1.02. The van der Waals surface area contributed by atoms with E-state index < -0.39 is 40.8 Å². The van der Waals surface area contributed by atoms with Crippen molar-refractivity contribution in [3.05, 3.63) is 70.8 Å². The molecule has 1 aliphatic heterocycles. The largest absolute Gasteiger partial charge is 0.347 e. The molecule has 0 bridgehead atoms. The maximum absolute atomic E-state index is 13.8. The number of halogens is 4. The van der Waals surface area contributed by atoms with Gasteiger partial charge in [0.2, 0.25) is 0 Å². The number of amides is 1. The van der Waals surface area contributed by atoms with Crippen molar-refractivity contribution in [1.29, 1.82) is 0 Å². The molecular formula is C18H16F4N2O. The topological polar surface area (TPSA) is 41.1 Å². The molecule has 1 saturated heterocycles. The van der Waals surface area contributed by atoms with Crippen LogP contribution in [0.1, 0.15) is 28.3 Å². The molecule has 25 heavy (non-hydrogen) atoms. The van der Waals surface area contributed by atoms with Crippen LogP contribution in [-0.2, 0) is 0 Å². The van der Waals surface area contributed by atoms with Crippen molar-refractivity contribution in [1.82, 2.24) is 10.6 Å². The normalized spacial score (nSPS) is 20.3. The molecule has 2 aromatic rings. The van der Waals surface area contributed by atoms with E-state index in [1.807, 2.05) is 0 Å². The lowest BCUT2D eigenvalue weighted by molar-refractivity contribution is 0.0919. The Bertz CT molecular complexity index is 797. The summed E-state index contributed by atoms with van der Waals surface area (Å²) in [7, 11) is 0. The first kappa shape index (κ1) is 17.4. The number of piperidine rings is 1. The molecule has 0 spiro atoms. The van der Waals surface area contributed by atoms with Gasteiger partial charge in [0.1, 0.15) is 0 Å². The molecule has 2 unspecified atom stereocenters. The molecule has 3 rings (SSSR count). The van der Waals surface area contributed by atoms with E-state index in [0.29, 0.717) is 25.1 Å². The Morgan fingerprint density at radius 1 is 1.04 bits per heavy atom. The zero-order chi connectivity index (χ0) is 18.0. The van der Waals surface area contributed by atoms with Gasteiger partial charge in [0, 0.05) is 18.5 Å². The summed E-state index contributed by atoms with van der Waals surface area (Å²) in [5.41, 5.74) is 0.153. The lowest BCUT2D eigenvalue weighted by Gasteiger charge is -2.33. The average Bonchev–Trinajstić information content (AvgIpc) is 2.60. The number of benzene rings is 2. The van der Waals surface area contributed by atoms with E-state index in [-0.39, 0.29) is 5.92 Å². The van der Waals surface area contributed by atoms with E-state index in [1.54, 1.807) is 0 Å². The number of carbonyl (C=O) groups is 1. The molecule has 3 nitrogen and oxygen atoms in total. The van der Waals surface area contributed by atoms with Crippen LogP contribution in [0.4, 0.5) is 17.6 Å². The Morgan fingerprint density at radius 3 is 2.60 bits per heavy atom. The lowest BCUT2D eigenvalue weighted by atomic mass is 9.85. The quantitative estimate of drug-likeness (QED) is 0.834. The van der Waals surface area contributed by atoms with Crippen LogP contribution < -0.4 is 10.6 Å². The molecule has 132 valence electrons. The van der Waals surface area contributed by atoms with E-state index >= 15 is 0 Å². The fraction of sp³-hybridized carbons (Fsp3) is 0.278. The highest BCUT2D eigenvalue weighted by Gasteiger charge is 2.29. The van der Waals surface area contributed by atoms with Crippen LogP contribution in [0.5, 0.6) is 0 Å². The van der Waals surface area contributed by atoms with Gasteiger partial charge in [-0.05, 0) is 42.8 Å². The minimum absolute atomic E-state index is 0.267. The van der Waals surface area contributed by atoms with Gasteiger partial charge in [-0.25, -0.2) is 17.6 Å². The smallest absolute Gasteiger partial charge is 0.254 e. The third-order valence-electron chi connectivity index (χ3n) is 4.37. The number of rotatable bonds is 3. The second kappa shape index (κ2) is 7.23. The molecule has 1 fully saturated rings. The average molecular weight is 352 g/mol. The zero-order valence-corrected chi connectivity index (χ0v) is 13.2. The summed E-state index contributed by atoms with van der Waals surface area (Å²) in [5.74, 6) is -5.24. The van der Waals surface area contributed by atoms with Crippen LogP contribution in [0.25, 0.3) is 0 Å². The highest BCUT2D eigenvalue weighted by atomic mass is 19.2. The Hall–Kier alpha value is -2.41. The fourth-order valence-electron chi connectivity index (χ4n) is 3.08. The van der Waals surface area contributed by atoms with E-state index in [0.717, 1.165) is 18.2 Å². The molecule has 2 atom stereocenters. The number of hydrogen-bond acceptors (Lipinski definition) is 2. The number of carbonyl (C=O) groups excluding carboxylic acids is 1. The van der Waals surface area contributed by atoms with Crippen molar-refractivity contribution in [2.24, 2.45) is 0 Å². The molecule has 0 saturated carbocycles. The Labute approximate surface area is 142 Å². The van der Waals surface area contributed by atoms with Crippen LogP contribution in [0.2, 0.25) is 0 Å². The van der Waals surface area contributed by atoms with Crippen LogP contribution in [-0.4, -0.2) is 25.0 Å². The van der Waals surface area contributed by atoms with Crippen LogP contribution in [0.15, 0.2) is 36.4 Å². The molecule has 1 amide bonds. The third kappa shape index (κ3) is 3.66. The molecular weight excluding hydrogens is 336 g/mol. The van der Waals surface area contributed by atoms with Crippen molar-refractivity contribution in [2.75, 3.05) is 13.1 Å².